The Balaban J connectivity index is 1.55. The van der Waals surface area contributed by atoms with Gasteiger partial charge in [0.25, 0.3) is 5.56 Å². The number of aromatic nitrogens is 4. The maximum atomic E-state index is 13.0. The Hall–Kier alpha value is -3.55. The van der Waals surface area contributed by atoms with Crippen LogP contribution in [0.15, 0.2) is 88.4 Å². The lowest BCUT2D eigenvalue weighted by Crippen LogP contribution is -2.26. The lowest BCUT2D eigenvalue weighted by molar-refractivity contribution is 0.247. The molecule has 0 fully saturated rings. The van der Waals surface area contributed by atoms with Crippen LogP contribution in [0, 0.1) is 6.92 Å². The number of aryl methyl sites for hydroxylation is 1. The Kier molecular flexibility index (Phi) is 5.66. The van der Waals surface area contributed by atoms with Crippen LogP contribution in [0.3, 0.4) is 0 Å². The van der Waals surface area contributed by atoms with Crippen molar-refractivity contribution >= 4 is 26.8 Å². The first-order valence-electron chi connectivity index (χ1n) is 10.5. The number of rotatable bonds is 5. The molecule has 3 aromatic heterocycles. The molecule has 2 N–H and O–H groups in total. The number of H-pyrrole nitrogens is 1. The van der Waals surface area contributed by atoms with Gasteiger partial charge in [-0.05, 0) is 66.1 Å². The highest BCUT2D eigenvalue weighted by Gasteiger charge is 2.16. The molecule has 5 aromatic rings. The number of hydrogen-bond donors (Lipinski definition) is 2. The number of benzene rings is 2. The van der Waals surface area contributed by atoms with Crippen molar-refractivity contribution in [2.75, 3.05) is 6.61 Å². The molecular formula is C26H21BrN4O2. The van der Waals surface area contributed by atoms with E-state index in [9.17, 15) is 9.90 Å². The molecule has 6 nitrogen and oxygen atoms in total. The van der Waals surface area contributed by atoms with Gasteiger partial charge < -0.3 is 9.67 Å². The fourth-order valence-corrected chi connectivity index (χ4v) is 4.52. The molecule has 33 heavy (non-hydrogen) atoms. The molecule has 0 aliphatic carbocycles. The number of aliphatic hydroxyl groups excluding tert-OH is 1. The third-order valence-electron chi connectivity index (χ3n) is 5.76. The number of nitrogens with one attached hydrogen (secondary N) is 1. The molecular weight excluding hydrogens is 480 g/mol. The Labute approximate surface area is 198 Å². The molecule has 0 amide bonds. The summed E-state index contributed by atoms with van der Waals surface area (Å²) in [6.07, 6.45) is 3.52. The topological polar surface area (TPSA) is 83.8 Å². The van der Waals surface area contributed by atoms with Crippen LogP contribution in [0.25, 0.3) is 33.3 Å². The van der Waals surface area contributed by atoms with Crippen LogP contribution in [0.1, 0.15) is 17.3 Å². The van der Waals surface area contributed by atoms with Crippen molar-refractivity contribution in [1.82, 2.24) is 19.7 Å². The highest BCUT2D eigenvalue weighted by molar-refractivity contribution is 9.10. The summed E-state index contributed by atoms with van der Waals surface area (Å²) in [4.78, 5) is 17.3. The lowest BCUT2D eigenvalue weighted by atomic mass is 10.0. The molecule has 5 rings (SSSR count). The smallest absolute Gasteiger partial charge is 0.251 e. The number of nitrogens with zero attached hydrogens (tertiary/aromatic N) is 3. The zero-order valence-corrected chi connectivity index (χ0v) is 19.5. The van der Waals surface area contributed by atoms with Gasteiger partial charge >= 0.3 is 0 Å². The summed E-state index contributed by atoms with van der Waals surface area (Å²) in [5.74, 6) is 0. The zero-order valence-electron chi connectivity index (χ0n) is 17.9. The van der Waals surface area contributed by atoms with Crippen molar-refractivity contribution < 1.29 is 5.11 Å². The fourth-order valence-electron chi connectivity index (χ4n) is 4.10. The molecule has 2 aromatic carbocycles. The van der Waals surface area contributed by atoms with Gasteiger partial charge in [0.2, 0.25) is 0 Å². The third-order valence-corrected chi connectivity index (χ3v) is 6.25. The molecule has 3 heterocycles. The van der Waals surface area contributed by atoms with E-state index in [1.54, 1.807) is 23.0 Å². The highest BCUT2D eigenvalue weighted by atomic mass is 79.9. The van der Waals surface area contributed by atoms with Crippen molar-refractivity contribution in [2.45, 2.75) is 13.0 Å². The van der Waals surface area contributed by atoms with E-state index in [0.717, 1.165) is 49.0 Å². The van der Waals surface area contributed by atoms with Gasteiger partial charge in [-0.2, -0.15) is 5.10 Å². The maximum absolute atomic E-state index is 13.0. The molecule has 0 aliphatic heterocycles. The number of halogens is 1. The SMILES string of the molecule is Cc1cc(-c2n[nH]c3ccc(-c4ccn(C(CO)c5cccc(Br)c5)c(=O)c4)cc23)ccn1. The van der Waals surface area contributed by atoms with Gasteiger partial charge in [-0.25, -0.2) is 0 Å². The molecule has 0 aliphatic rings. The van der Waals surface area contributed by atoms with E-state index in [2.05, 4.69) is 31.1 Å². The van der Waals surface area contributed by atoms with Gasteiger partial charge in [-0.3, -0.25) is 14.9 Å². The average molecular weight is 501 g/mol. The largest absolute Gasteiger partial charge is 0.394 e. The highest BCUT2D eigenvalue weighted by Crippen LogP contribution is 2.30. The van der Waals surface area contributed by atoms with Crippen LogP contribution in [0.5, 0.6) is 0 Å². The molecule has 164 valence electrons. The monoisotopic (exact) mass is 500 g/mol. The van der Waals surface area contributed by atoms with Crippen molar-refractivity contribution in [3.8, 4) is 22.4 Å². The predicted octanol–water partition coefficient (Wildman–Crippen LogP) is 5.11. The minimum Gasteiger partial charge on any atom is -0.394 e. The van der Waals surface area contributed by atoms with Crippen LogP contribution in [-0.4, -0.2) is 31.5 Å². The van der Waals surface area contributed by atoms with E-state index < -0.39 is 6.04 Å². The Bertz CT molecular complexity index is 1520. The fraction of sp³-hybridized carbons (Fsp3) is 0.115. The molecule has 0 radical (unpaired) electrons. The maximum Gasteiger partial charge on any atom is 0.251 e. The number of hydrogen-bond acceptors (Lipinski definition) is 4. The molecule has 0 saturated heterocycles. The van der Waals surface area contributed by atoms with Crippen LogP contribution in [0.4, 0.5) is 0 Å². The minimum absolute atomic E-state index is 0.175. The number of aromatic amines is 1. The quantitative estimate of drug-likeness (QED) is 0.351. The molecule has 0 spiro atoms. The predicted molar refractivity (Wildman–Crippen MR) is 133 cm³/mol. The van der Waals surface area contributed by atoms with E-state index in [-0.39, 0.29) is 12.2 Å². The summed E-state index contributed by atoms with van der Waals surface area (Å²) in [5.41, 5.74) is 6.09. The van der Waals surface area contributed by atoms with Crippen molar-refractivity contribution in [3.63, 3.8) is 0 Å². The Morgan fingerprint density at radius 3 is 2.64 bits per heavy atom. The van der Waals surface area contributed by atoms with Gasteiger partial charge in [-0.15, -0.1) is 0 Å². The zero-order chi connectivity index (χ0) is 22.9. The minimum atomic E-state index is -0.457. The van der Waals surface area contributed by atoms with Crippen molar-refractivity contribution in [2.24, 2.45) is 0 Å². The molecule has 0 bridgehead atoms. The normalized spacial score (nSPS) is 12.2. The number of fused-ring (bicyclic) bond motifs is 1. The summed E-state index contributed by atoms with van der Waals surface area (Å²) in [7, 11) is 0. The van der Waals surface area contributed by atoms with Gasteiger partial charge in [-0.1, -0.05) is 34.1 Å². The second-order valence-electron chi connectivity index (χ2n) is 7.93. The van der Waals surface area contributed by atoms with E-state index >= 15 is 0 Å². The molecule has 1 atom stereocenters. The Morgan fingerprint density at radius 2 is 1.88 bits per heavy atom. The first-order chi connectivity index (χ1) is 16.0. The molecule has 1 unspecified atom stereocenters. The molecule has 0 saturated carbocycles. The summed E-state index contributed by atoms with van der Waals surface area (Å²) in [6.45, 7) is 1.78. The van der Waals surface area contributed by atoms with E-state index in [4.69, 9.17) is 0 Å². The van der Waals surface area contributed by atoms with Gasteiger partial charge in [0.1, 0.15) is 5.69 Å². The first kappa shape index (κ1) is 21.3. The Morgan fingerprint density at radius 1 is 1.03 bits per heavy atom. The van der Waals surface area contributed by atoms with Crippen LogP contribution < -0.4 is 5.56 Å². The van der Waals surface area contributed by atoms with Crippen LogP contribution >= 0.6 is 15.9 Å². The third kappa shape index (κ3) is 4.13. The summed E-state index contributed by atoms with van der Waals surface area (Å²) < 4.78 is 2.46. The van der Waals surface area contributed by atoms with Gasteiger partial charge in [0, 0.05) is 39.6 Å². The van der Waals surface area contributed by atoms with E-state index in [1.807, 2.05) is 67.6 Å². The summed E-state index contributed by atoms with van der Waals surface area (Å²) in [6, 6.07) is 20.6. The standard InChI is InChI=1S/C26H21BrN4O2/c1-16-11-20(7-9-28-16)26-22-13-17(5-6-23(22)29-30-26)18-8-10-31(25(33)14-18)24(15-32)19-3-2-4-21(27)12-19/h2-14,24,32H,15H2,1H3,(H,29,30). The van der Waals surface area contributed by atoms with Crippen LogP contribution in [-0.2, 0) is 0 Å². The number of aliphatic hydroxyl groups is 1. The summed E-state index contributed by atoms with van der Waals surface area (Å²) in [5, 5.41) is 18.6. The van der Waals surface area contributed by atoms with E-state index in [0.29, 0.717) is 0 Å². The second-order valence-corrected chi connectivity index (χ2v) is 8.85. The van der Waals surface area contributed by atoms with Crippen molar-refractivity contribution in [3.05, 3.63) is 105 Å². The summed E-state index contributed by atoms with van der Waals surface area (Å²) >= 11 is 3.46. The number of pyridine rings is 2. The molecule has 7 heteroatoms. The van der Waals surface area contributed by atoms with Gasteiger partial charge in [0.05, 0.1) is 18.2 Å². The van der Waals surface area contributed by atoms with E-state index in [1.165, 1.54) is 0 Å². The average Bonchev–Trinajstić information content (AvgIpc) is 3.24. The van der Waals surface area contributed by atoms with Crippen molar-refractivity contribution in [1.29, 1.82) is 0 Å². The van der Waals surface area contributed by atoms with Crippen LogP contribution in [0.2, 0.25) is 0 Å². The lowest BCUT2D eigenvalue weighted by Gasteiger charge is -2.18. The van der Waals surface area contributed by atoms with Gasteiger partial charge in [0.15, 0.2) is 0 Å². The first-order valence-corrected chi connectivity index (χ1v) is 11.3. The second kappa shape index (κ2) is 8.77.